The lowest BCUT2D eigenvalue weighted by atomic mass is 10.1. The van der Waals surface area contributed by atoms with Crippen molar-refractivity contribution in [1.29, 1.82) is 0 Å². The summed E-state index contributed by atoms with van der Waals surface area (Å²) in [6.07, 6.45) is 1.49. The van der Waals surface area contributed by atoms with Crippen LogP contribution in [0.25, 0.3) is 11.3 Å². The van der Waals surface area contributed by atoms with Crippen molar-refractivity contribution >= 4 is 7.60 Å². The van der Waals surface area contributed by atoms with Crippen LogP contribution in [0.15, 0.2) is 24.4 Å². The molecule has 0 aliphatic carbocycles. The Morgan fingerprint density at radius 3 is 2.35 bits per heavy atom. The summed E-state index contributed by atoms with van der Waals surface area (Å²) in [5.74, 6) is -1.43. The van der Waals surface area contributed by atoms with E-state index in [1.54, 1.807) is 13.8 Å². The van der Waals surface area contributed by atoms with E-state index < -0.39 is 19.2 Å². The number of benzene rings is 1. The van der Waals surface area contributed by atoms with E-state index in [4.69, 9.17) is 9.05 Å². The minimum absolute atomic E-state index is 0.0725. The monoisotopic (exact) mass is 345 g/mol. The maximum Gasteiger partial charge on any atom is 0.332 e. The third-order valence-corrected chi connectivity index (χ3v) is 5.06. The van der Waals surface area contributed by atoms with Gasteiger partial charge in [0.05, 0.1) is 37.7 Å². The Bertz CT molecular complexity index is 678. The first-order valence-electron chi connectivity index (χ1n) is 7.21. The van der Waals surface area contributed by atoms with Crippen molar-refractivity contribution in [2.45, 2.75) is 20.4 Å². The van der Waals surface area contributed by atoms with Crippen LogP contribution in [0.5, 0.6) is 0 Å². The summed E-state index contributed by atoms with van der Waals surface area (Å²) < 4.78 is 51.5. The molecule has 6 nitrogen and oxygen atoms in total. The van der Waals surface area contributed by atoms with Crippen molar-refractivity contribution in [2.24, 2.45) is 0 Å². The molecule has 1 aromatic carbocycles. The van der Waals surface area contributed by atoms with Gasteiger partial charge in [-0.3, -0.25) is 9.25 Å². The lowest BCUT2D eigenvalue weighted by molar-refractivity contribution is 0.218. The minimum atomic E-state index is -3.20. The minimum Gasteiger partial charge on any atom is -0.309 e. The summed E-state index contributed by atoms with van der Waals surface area (Å²) >= 11 is 0. The van der Waals surface area contributed by atoms with Gasteiger partial charge in [-0.25, -0.2) is 8.78 Å². The van der Waals surface area contributed by atoms with Gasteiger partial charge in [0.15, 0.2) is 0 Å². The zero-order valence-corrected chi connectivity index (χ0v) is 13.8. The molecule has 0 amide bonds. The molecule has 0 atom stereocenters. The summed E-state index contributed by atoms with van der Waals surface area (Å²) in [4.78, 5) is 0. The van der Waals surface area contributed by atoms with E-state index in [2.05, 4.69) is 10.3 Å². The van der Waals surface area contributed by atoms with Gasteiger partial charge in [-0.2, -0.15) is 0 Å². The summed E-state index contributed by atoms with van der Waals surface area (Å²) in [6.45, 7) is 4.17. The number of halogens is 2. The molecule has 0 spiro atoms. The summed E-state index contributed by atoms with van der Waals surface area (Å²) in [5.41, 5.74) is -0.167. The number of aromatic nitrogens is 3. The van der Waals surface area contributed by atoms with Gasteiger partial charge in [-0.05, 0) is 26.0 Å². The van der Waals surface area contributed by atoms with Gasteiger partial charge in [-0.15, -0.1) is 5.10 Å². The lowest BCUT2D eigenvalue weighted by Crippen LogP contribution is -2.08. The second-order valence-electron chi connectivity index (χ2n) is 4.63. The van der Waals surface area contributed by atoms with Gasteiger partial charge in [0.25, 0.3) is 0 Å². The first-order chi connectivity index (χ1) is 11.0. The second kappa shape index (κ2) is 7.77. The first kappa shape index (κ1) is 17.7. The third kappa shape index (κ3) is 4.43. The molecule has 0 saturated carbocycles. The molecule has 0 aliphatic heterocycles. The van der Waals surface area contributed by atoms with Crippen molar-refractivity contribution in [3.8, 4) is 11.3 Å². The number of nitrogens with zero attached hydrogens (tertiary/aromatic N) is 3. The van der Waals surface area contributed by atoms with Crippen LogP contribution in [-0.4, -0.2) is 34.4 Å². The Balaban J connectivity index is 2.12. The standard InChI is InChI=1S/C14H18F2N3O3P/c1-3-21-23(20,22-4-2)9-8-19-10-13(17-18-19)14-11(15)6-5-7-12(14)16/h5-7,10H,3-4,8-9H2,1-2H3. The molecule has 0 unspecified atom stereocenters. The Morgan fingerprint density at radius 1 is 1.17 bits per heavy atom. The van der Waals surface area contributed by atoms with Crippen molar-refractivity contribution in [2.75, 3.05) is 19.4 Å². The van der Waals surface area contributed by atoms with Gasteiger partial charge in [0.2, 0.25) is 0 Å². The Morgan fingerprint density at radius 2 is 1.78 bits per heavy atom. The first-order valence-corrected chi connectivity index (χ1v) is 8.94. The van der Waals surface area contributed by atoms with Crippen LogP contribution in [0.4, 0.5) is 8.78 Å². The van der Waals surface area contributed by atoms with Gasteiger partial charge < -0.3 is 9.05 Å². The SMILES string of the molecule is CCOP(=O)(CCn1cc(-c2c(F)cccc2F)nn1)OCC. The molecule has 1 heterocycles. The number of rotatable bonds is 8. The zero-order chi connectivity index (χ0) is 16.9. The van der Waals surface area contributed by atoms with Gasteiger partial charge in [0, 0.05) is 0 Å². The van der Waals surface area contributed by atoms with Crippen LogP contribution in [0.1, 0.15) is 13.8 Å². The average Bonchev–Trinajstić information content (AvgIpc) is 2.94. The molecule has 1 aromatic heterocycles. The highest BCUT2D eigenvalue weighted by molar-refractivity contribution is 7.53. The predicted molar refractivity (Wildman–Crippen MR) is 81.1 cm³/mol. The highest BCUT2D eigenvalue weighted by atomic mass is 31.2. The summed E-state index contributed by atoms with van der Waals surface area (Å²) in [5, 5.41) is 7.56. The quantitative estimate of drug-likeness (QED) is 0.685. The normalized spacial score (nSPS) is 11.8. The molecular weight excluding hydrogens is 327 g/mol. The molecule has 0 aliphatic rings. The molecule has 0 bridgehead atoms. The Kier molecular flexibility index (Phi) is 5.98. The van der Waals surface area contributed by atoms with E-state index in [-0.39, 0.29) is 37.2 Å². The molecule has 23 heavy (non-hydrogen) atoms. The van der Waals surface area contributed by atoms with Crippen LogP contribution >= 0.6 is 7.60 Å². The molecule has 126 valence electrons. The Hall–Kier alpha value is -1.63. The van der Waals surface area contributed by atoms with Gasteiger partial charge in [-0.1, -0.05) is 11.3 Å². The highest BCUT2D eigenvalue weighted by Crippen LogP contribution is 2.47. The van der Waals surface area contributed by atoms with E-state index in [0.717, 1.165) is 12.1 Å². The number of hydrogen-bond acceptors (Lipinski definition) is 5. The lowest BCUT2D eigenvalue weighted by Gasteiger charge is -2.16. The van der Waals surface area contributed by atoms with Crippen molar-refractivity contribution < 1.29 is 22.4 Å². The number of hydrogen-bond donors (Lipinski definition) is 0. The van der Waals surface area contributed by atoms with Gasteiger partial charge >= 0.3 is 7.60 Å². The van der Waals surface area contributed by atoms with Crippen LogP contribution in [-0.2, 0) is 20.2 Å². The smallest absolute Gasteiger partial charge is 0.309 e. The maximum absolute atomic E-state index is 13.7. The molecule has 0 N–H and O–H groups in total. The van der Waals surface area contributed by atoms with Crippen molar-refractivity contribution in [1.82, 2.24) is 15.0 Å². The fraction of sp³-hybridized carbons (Fsp3) is 0.429. The van der Waals surface area contributed by atoms with E-state index >= 15 is 0 Å². The van der Waals surface area contributed by atoms with E-state index in [9.17, 15) is 13.3 Å². The summed E-state index contributed by atoms with van der Waals surface area (Å²) in [7, 11) is -3.20. The molecule has 2 rings (SSSR count). The third-order valence-electron chi connectivity index (χ3n) is 3.01. The molecule has 2 aromatic rings. The Labute approximate surface area is 132 Å². The van der Waals surface area contributed by atoms with Crippen molar-refractivity contribution in [3.05, 3.63) is 36.0 Å². The van der Waals surface area contributed by atoms with E-state index in [0.29, 0.717) is 0 Å². The topological polar surface area (TPSA) is 66.2 Å². The molecule has 0 radical (unpaired) electrons. The molecular formula is C14H18F2N3O3P. The van der Waals surface area contributed by atoms with Gasteiger partial charge in [0.1, 0.15) is 17.3 Å². The molecule has 9 heteroatoms. The second-order valence-corrected chi connectivity index (χ2v) is 6.82. The average molecular weight is 345 g/mol. The van der Waals surface area contributed by atoms with E-state index in [1.807, 2.05) is 0 Å². The molecule has 0 saturated heterocycles. The van der Waals surface area contributed by atoms with Crippen LogP contribution < -0.4 is 0 Å². The number of aryl methyl sites for hydroxylation is 1. The van der Waals surface area contributed by atoms with Crippen LogP contribution in [0.2, 0.25) is 0 Å². The fourth-order valence-corrected chi connectivity index (χ4v) is 3.62. The highest BCUT2D eigenvalue weighted by Gasteiger charge is 2.24. The van der Waals surface area contributed by atoms with Crippen molar-refractivity contribution in [3.63, 3.8) is 0 Å². The zero-order valence-electron chi connectivity index (χ0n) is 12.9. The molecule has 0 fully saturated rings. The maximum atomic E-state index is 13.7. The predicted octanol–water partition coefficient (Wildman–Crippen LogP) is 3.49. The van der Waals surface area contributed by atoms with Crippen LogP contribution in [0.3, 0.4) is 0 Å². The largest absolute Gasteiger partial charge is 0.332 e. The van der Waals surface area contributed by atoms with E-state index in [1.165, 1.54) is 16.9 Å². The van der Waals surface area contributed by atoms with Crippen LogP contribution in [0, 0.1) is 11.6 Å². The fourth-order valence-electron chi connectivity index (χ4n) is 2.05. The summed E-state index contributed by atoms with van der Waals surface area (Å²) in [6, 6.07) is 3.57.